The number of ether oxygens (including phenoxy) is 1. The van der Waals surface area contributed by atoms with Crippen LogP contribution in [0.25, 0.3) is 10.9 Å². The first-order valence-electron chi connectivity index (χ1n) is 8.54. The van der Waals surface area contributed by atoms with E-state index in [1.807, 2.05) is 11.8 Å². The third-order valence-electron chi connectivity index (χ3n) is 4.59. The van der Waals surface area contributed by atoms with E-state index in [0.717, 1.165) is 28.7 Å². The standard InChI is InChI=1S/C18H18F3N5O/c1-11-16-13(25-24-11)4-5-22-17(16)23-14-10-12(18(19,20)21)2-3-15(14)26-6-8-27-9-7-26/h2-5,10H,6-9H2,1H3,(H,22,23)(H,24,25). The first-order valence-corrected chi connectivity index (χ1v) is 8.54. The van der Waals surface area contributed by atoms with Gasteiger partial charge in [-0.3, -0.25) is 5.10 Å². The van der Waals surface area contributed by atoms with Crippen LogP contribution < -0.4 is 10.2 Å². The van der Waals surface area contributed by atoms with Gasteiger partial charge in [0.05, 0.1) is 46.7 Å². The lowest BCUT2D eigenvalue weighted by atomic mass is 10.1. The number of nitrogens with one attached hydrogen (secondary N) is 2. The fourth-order valence-electron chi connectivity index (χ4n) is 3.24. The van der Waals surface area contributed by atoms with Gasteiger partial charge in [-0.2, -0.15) is 18.3 Å². The van der Waals surface area contributed by atoms with Crippen LogP contribution in [0.4, 0.5) is 30.4 Å². The maximum Gasteiger partial charge on any atom is 0.416 e. The summed E-state index contributed by atoms with van der Waals surface area (Å²) in [6.45, 7) is 4.12. The molecule has 0 saturated carbocycles. The van der Waals surface area contributed by atoms with E-state index in [9.17, 15) is 13.2 Å². The van der Waals surface area contributed by atoms with Crippen LogP contribution in [0.5, 0.6) is 0 Å². The molecule has 0 bridgehead atoms. The van der Waals surface area contributed by atoms with Crippen molar-refractivity contribution in [3.05, 3.63) is 41.7 Å². The number of hydrogen-bond donors (Lipinski definition) is 2. The van der Waals surface area contributed by atoms with E-state index < -0.39 is 11.7 Å². The zero-order chi connectivity index (χ0) is 19.0. The fourth-order valence-corrected chi connectivity index (χ4v) is 3.24. The van der Waals surface area contributed by atoms with Crippen LogP contribution in [0.3, 0.4) is 0 Å². The van der Waals surface area contributed by atoms with Crippen molar-refractivity contribution in [2.24, 2.45) is 0 Å². The van der Waals surface area contributed by atoms with Crippen molar-refractivity contribution in [1.29, 1.82) is 0 Å². The number of anilines is 3. The Labute approximate surface area is 153 Å². The monoisotopic (exact) mass is 377 g/mol. The summed E-state index contributed by atoms with van der Waals surface area (Å²) in [5, 5.41) is 10.9. The molecule has 3 heterocycles. The van der Waals surface area contributed by atoms with Gasteiger partial charge >= 0.3 is 6.18 Å². The topological polar surface area (TPSA) is 66.1 Å². The molecule has 142 valence electrons. The lowest BCUT2D eigenvalue weighted by molar-refractivity contribution is -0.137. The molecule has 9 heteroatoms. The predicted molar refractivity (Wildman–Crippen MR) is 96.4 cm³/mol. The van der Waals surface area contributed by atoms with Crippen LogP contribution in [0.15, 0.2) is 30.5 Å². The molecular weight excluding hydrogens is 359 g/mol. The molecule has 1 saturated heterocycles. The number of aryl methyl sites for hydroxylation is 1. The van der Waals surface area contributed by atoms with Crippen LogP contribution in [0, 0.1) is 6.92 Å². The van der Waals surface area contributed by atoms with E-state index in [2.05, 4.69) is 20.5 Å². The van der Waals surface area contributed by atoms with Crippen molar-refractivity contribution < 1.29 is 17.9 Å². The highest BCUT2D eigenvalue weighted by Crippen LogP contribution is 2.37. The summed E-state index contributed by atoms with van der Waals surface area (Å²) in [7, 11) is 0. The molecule has 2 aromatic heterocycles. The minimum absolute atomic E-state index is 0.354. The highest BCUT2D eigenvalue weighted by Gasteiger charge is 2.31. The number of H-pyrrole nitrogens is 1. The van der Waals surface area contributed by atoms with Gasteiger partial charge in [-0.15, -0.1) is 0 Å². The van der Waals surface area contributed by atoms with Crippen molar-refractivity contribution in [2.75, 3.05) is 36.5 Å². The van der Waals surface area contributed by atoms with Gasteiger partial charge in [0, 0.05) is 19.3 Å². The van der Waals surface area contributed by atoms with E-state index >= 15 is 0 Å². The number of alkyl halides is 3. The summed E-state index contributed by atoms with van der Waals surface area (Å²) < 4.78 is 45.1. The Morgan fingerprint density at radius 2 is 1.96 bits per heavy atom. The summed E-state index contributed by atoms with van der Waals surface area (Å²) in [4.78, 5) is 6.33. The number of morpholine rings is 1. The second kappa shape index (κ2) is 6.73. The third kappa shape index (κ3) is 3.42. The van der Waals surface area contributed by atoms with Crippen LogP contribution in [-0.2, 0) is 10.9 Å². The van der Waals surface area contributed by atoms with Crippen LogP contribution in [0.1, 0.15) is 11.3 Å². The molecule has 6 nitrogen and oxygen atoms in total. The Bertz CT molecular complexity index is 963. The summed E-state index contributed by atoms with van der Waals surface area (Å²) >= 11 is 0. The molecule has 1 aliphatic rings. The number of hydrogen-bond acceptors (Lipinski definition) is 5. The van der Waals surface area contributed by atoms with Crippen molar-refractivity contribution >= 4 is 28.1 Å². The fraction of sp³-hybridized carbons (Fsp3) is 0.333. The molecule has 1 aromatic carbocycles. The lowest BCUT2D eigenvalue weighted by Crippen LogP contribution is -2.36. The van der Waals surface area contributed by atoms with Gasteiger partial charge in [0.2, 0.25) is 0 Å². The van der Waals surface area contributed by atoms with Crippen molar-refractivity contribution in [3.63, 3.8) is 0 Å². The molecule has 4 rings (SSSR count). The number of benzene rings is 1. The van der Waals surface area contributed by atoms with Gasteiger partial charge in [-0.05, 0) is 31.2 Å². The van der Waals surface area contributed by atoms with Crippen molar-refractivity contribution in [3.8, 4) is 0 Å². The van der Waals surface area contributed by atoms with Crippen LogP contribution in [-0.4, -0.2) is 41.5 Å². The summed E-state index contributed by atoms with van der Waals surface area (Å²) in [6, 6.07) is 5.50. The SMILES string of the molecule is Cc1n[nH]c2ccnc(Nc3cc(C(F)(F)F)ccc3N3CCOCC3)c12. The molecule has 0 unspecified atom stereocenters. The highest BCUT2D eigenvalue weighted by atomic mass is 19.4. The number of rotatable bonds is 3. The van der Waals surface area contributed by atoms with Crippen molar-refractivity contribution in [2.45, 2.75) is 13.1 Å². The number of fused-ring (bicyclic) bond motifs is 1. The van der Waals surface area contributed by atoms with Gasteiger partial charge < -0.3 is 15.0 Å². The zero-order valence-electron chi connectivity index (χ0n) is 14.6. The molecule has 0 aliphatic carbocycles. The maximum absolute atomic E-state index is 13.3. The summed E-state index contributed by atoms with van der Waals surface area (Å²) in [5.74, 6) is 0.465. The normalized spacial score (nSPS) is 15.3. The predicted octanol–water partition coefficient (Wildman–Crippen LogP) is 3.87. The zero-order valence-corrected chi connectivity index (χ0v) is 14.6. The molecular formula is C18H18F3N5O. The van der Waals surface area contributed by atoms with E-state index in [0.29, 0.717) is 43.5 Å². The molecule has 27 heavy (non-hydrogen) atoms. The molecule has 0 spiro atoms. The Hall–Kier alpha value is -2.81. The van der Waals surface area contributed by atoms with E-state index in [4.69, 9.17) is 4.74 Å². The maximum atomic E-state index is 13.3. The number of aromatic nitrogens is 3. The van der Waals surface area contributed by atoms with E-state index in [1.165, 1.54) is 6.07 Å². The molecule has 2 N–H and O–H groups in total. The number of nitrogens with zero attached hydrogens (tertiary/aromatic N) is 3. The molecule has 0 atom stereocenters. The quantitative estimate of drug-likeness (QED) is 0.726. The average Bonchev–Trinajstić information content (AvgIpc) is 3.04. The smallest absolute Gasteiger partial charge is 0.378 e. The lowest BCUT2D eigenvalue weighted by Gasteiger charge is -2.31. The first-order chi connectivity index (χ1) is 12.9. The van der Waals surface area contributed by atoms with Crippen molar-refractivity contribution in [1.82, 2.24) is 15.2 Å². The van der Waals surface area contributed by atoms with Gasteiger partial charge in [0.15, 0.2) is 0 Å². The first kappa shape index (κ1) is 17.6. The molecule has 3 aromatic rings. The Balaban J connectivity index is 1.79. The Morgan fingerprint density at radius 3 is 2.70 bits per heavy atom. The minimum Gasteiger partial charge on any atom is -0.378 e. The summed E-state index contributed by atoms with van der Waals surface area (Å²) in [5.41, 5.74) is 1.82. The number of pyridine rings is 1. The van der Waals surface area contributed by atoms with Gasteiger partial charge in [0.1, 0.15) is 5.82 Å². The Kier molecular flexibility index (Phi) is 4.39. The second-order valence-corrected chi connectivity index (χ2v) is 6.35. The third-order valence-corrected chi connectivity index (χ3v) is 4.59. The van der Waals surface area contributed by atoms with E-state index in [-0.39, 0.29) is 0 Å². The minimum atomic E-state index is -4.43. The van der Waals surface area contributed by atoms with Crippen LogP contribution in [0.2, 0.25) is 0 Å². The summed E-state index contributed by atoms with van der Waals surface area (Å²) in [6.07, 6.45) is -2.84. The highest BCUT2D eigenvalue weighted by molar-refractivity contribution is 5.94. The van der Waals surface area contributed by atoms with Gasteiger partial charge in [-0.25, -0.2) is 4.98 Å². The van der Waals surface area contributed by atoms with E-state index in [1.54, 1.807) is 12.3 Å². The molecule has 0 radical (unpaired) electrons. The Morgan fingerprint density at radius 1 is 1.19 bits per heavy atom. The molecule has 1 aliphatic heterocycles. The largest absolute Gasteiger partial charge is 0.416 e. The number of halogens is 3. The molecule has 0 amide bonds. The number of aromatic amines is 1. The van der Waals surface area contributed by atoms with Gasteiger partial charge in [-0.1, -0.05) is 0 Å². The van der Waals surface area contributed by atoms with Gasteiger partial charge in [0.25, 0.3) is 0 Å². The molecule has 1 fully saturated rings. The average molecular weight is 377 g/mol. The van der Waals surface area contributed by atoms with Crippen LogP contribution >= 0.6 is 0 Å². The second-order valence-electron chi connectivity index (χ2n) is 6.35.